The second-order valence-electron chi connectivity index (χ2n) is 8.51. The smallest absolute Gasteiger partial charge is 0.243 e. The first-order chi connectivity index (χ1) is 16.3. The largest absolute Gasteiger partial charge is 0.441 e. The quantitative estimate of drug-likeness (QED) is 0.470. The normalized spacial score (nSPS) is 13.8. The molecule has 0 saturated carbocycles. The molecule has 0 atom stereocenters. The van der Waals surface area contributed by atoms with Gasteiger partial charge in [-0.3, -0.25) is 4.79 Å². The Kier molecular flexibility index (Phi) is 7.19. The van der Waals surface area contributed by atoms with Gasteiger partial charge in [0.25, 0.3) is 0 Å². The van der Waals surface area contributed by atoms with Crippen molar-refractivity contribution in [3.8, 4) is 11.3 Å². The Bertz CT molecular complexity index is 1260. The SMILES string of the molecule is CCN(CC)S(=O)(=O)c1ccc2c(c1)CCCN2C(=O)CCc1ncc(-c2ccc(C)cc2)o1. The van der Waals surface area contributed by atoms with Crippen LogP contribution in [0.15, 0.2) is 58.0 Å². The van der Waals surface area contributed by atoms with Gasteiger partial charge in [-0.05, 0) is 43.5 Å². The first-order valence-corrected chi connectivity index (χ1v) is 13.2. The summed E-state index contributed by atoms with van der Waals surface area (Å²) in [4.78, 5) is 19.4. The summed E-state index contributed by atoms with van der Waals surface area (Å²) in [7, 11) is -3.53. The number of rotatable bonds is 8. The number of amides is 1. The highest BCUT2D eigenvalue weighted by molar-refractivity contribution is 7.89. The maximum atomic E-state index is 13.1. The van der Waals surface area contributed by atoms with Crippen LogP contribution in [0.25, 0.3) is 11.3 Å². The number of sulfonamides is 1. The highest BCUT2D eigenvalue weighted by Crippen LogP contribution is 2.31. The Morgan fingerprint density at radius 1 is 1.12 bits per heavy atom. The molecule has 7 nitrogen and oxygen atoms in total. The van der Waals surface area contributed by atoms with Crippen LogP contribution in [0.4, 0.5) is 5.69 Å². The number of fused-ring (bicyclic) bond motifs is 1. The summed E-state index contributed by atoms with van der Waals surface area (Å²) in [5.74, 6) is 1.20. The molecule has 4 rings (SSSR count). The lowest BCUT2D eigenvalue weighted by Crippen LogP contribution is -2.36. The molecule has 0 radical (unpaired) electrons. The third-order valence-electron chi connectivity index (χ3n) is 6.26. The van der Waals surface area contributed by atoms with Gasteiger partial charge in [0.05, 0.1) is 11.1 Å². The van der Waals surface area contributed by atoms with E-state index in [-0.39, 0.29) is 17.2 Å². The molecule has 1 aromatic heterocycles. The van der Waals surface area contributed by atoms with Crippen molar-refractivity contribution in [3.63, 3.8) is 0 Å². The van der Waals surface area contributed by atoms with E-state index >= 15 is 0 Å². The first kappa shape index (κ1) is 24.2. The molecule has 0 fully saturated rings. The van der Waals surface area contributed by atoms with Gasteiger partial charge in [0, 0.05) is 43.7 Å². The molecule has 0 spiro atoms. The highest BCUT2D eigenvalue weighted by Gasteiger charge is 2.27. The van der Waals surface area contributed by atoms with Crippen molar-refractivity contribution in [2.45, 2.75) is 51.3 Å². The highest BCUT2D eigenvalue weighted by atomic mass is 32.2. The minimum Gasteiger partial charge on any atom is -0.441 e. The van der Waals surface area contributed by atoms with Crippen molar-refractivity contribution in [1.82, 2.24) is 9.29 Å². The second kappa shape index (κ2) is 10.1. The third kappa shape index (κ3) is 4.93. The van der Waals surface area contributed by atoms with Crippen LogP contribution in [-0.4, -0.2) is 43.2 Å². The summed E-state index contributed by atoms with van der Waals surface area (Å²) in [6.45, 7) is 7.16. The molecular formula is C26H31N3O4S. The fourth-order valence-corrected chi connectivity index (χ4v) is 5.84. The summed E-state index contributed by atoms with van der Waals surface area (Å²) in [6.07, 6.45) is 3.92. The maximum absolute atomic E-state index is 13.1. The lowest BCUT2D eigenvalue weighted by atomic mass is 10.0. The van der Waals surface area contributed by atoms with E-state index in [9.17, 15) is 13.2 Å². The number of hydrogen-bond donors (Lipinski definition) is 0. The van der Waals surface area contributed by atoms with Gasteiger partial charge < -0.3 is 9.32 Å². The van der Waals surface area contributed by atoms with Crippen LogP contribution < -0.4 is 4.90 Å². The molecule has 1 aliphatic rings. The summed E-state index contributed by atoms with van der Waals surface area (Å²) >= 11 is 0. The van der Waals surface area contributed by atoms with E-state index in [1.807, 2.05) is 45.0 Å². The number of aromatic nitrogens is 1. The van der Waals surface area contributed by atoms with E-state index in [0.717, 1.165) is 29.7 Å². The molecule has 0 saturated heterocycles. The lowest BCUT2D eigenvalue weighted by molar-refractivity contribution is -0.118. The topological polar surface area (TPSA) is 83.7 Å². The van der Waals surface area contributed by atoms with Crippen LogP contribution in [0.1, 0.15) is 43.7 Å². The molecule has 0 aliphatic carbocycles. The Morgan fingerprint density at radius 3 is 2.56 bits per heavy atom. The number of anilines is 1. The summed E-state index contributed by atoms with van der Waals surface area (Å²) in [5, 5.41) is 0. The number of benzene rings is 2. The third-order valence-corrected chi connectivity index (χ3v) is 8.30. The Labute approximate surface area is 201 Å². The van der Waals surface area contributed by atoms with Gasteiger partial charge in [-0.15, -0.1) is 0 Å². The van der Waals surface area contributed by atoms with Gasteiger partial charge in [-0.1, -0.05) is 43.7 Å². The predicted octanol–water partition coefficient (Wildman–Crippen LogP) is 4.59. The monoisotopic (exact) mass is 481 g/mol. The van der Waals surface area contributed by atoms with Crippen molar-refractivity contribution < 1.29 is 17.6 Å². The van der Waals surface area contributed by atoms with Gasteiger partial charge >= 0.3 is 0 Å². The van der Waals surface area contributed by atoms with E-state index in [1.165, 1.54) is 9.87 Å². The summed E-state index contributed by atoms with van der Waals surface area (Å²) < 4.78 is 33.1. The minimum atomic E-state index is -3.53. The summed E-state index contributed by atoms with van der Waals surface area (Å²) in [6, 6.07) is 13.1. The number of aryl methyl sites for hydroxylation is 3. The van der Waals surface area contributed by atoms with Crippen molar-refractivity contribution in [2.75, 3.05) is 24.5 Å². The van der Waals surface area contributed by atoms with E-state index in [0.29, 0.717) is 37.7 Å². The van der Waals surface area contributed by atoms with Crippen LogP contribution >= 0.6 is 0 Å². The Morgan fingerprint density at radius 2 is 1.85 bits per heavy atom. The van der Waals surface area contributed by atoms with Crippen molar-refractivity contribution >= 4 is 21.6 Å². The fourth-order valence-electron chi connectivity index (χ4n) is 4.33. The Hall–Kier alpha value is -2.97. The molecule has 1 aliphatic heterocycles. The molecular weight excluding hydrogens is 450 g/mol. The van der Waals surface area contributed by atoms with Crippen LogP contribution in [0.2, 0.25) is 0 Å². The van der Waals surface area contributed by atoms with Gasteiger partial charge in [-0.2, -0.15) is 4.31 Å². The first-order valence-electron chi connectivity index (χ1n) is 11.8. The fraction of sp³-hybridized carbons (Fsp3) is 0.385. The molecule has 2 aromatic carbocycles. The number of carbonyl (C=O) groups is 1. The van der Waals surface area contributed by atoms with E-state index < -0.39 is 10.0 Å². The van der Waals surface area contributed by atoms with Crippen LogP contribution in [0.5, 0.6) is 0 Å². The van der Waals surface area contributed by atoms with Crippen LogP contribution in [-0.2, 0) is 27.7 Å². The number of oxazole rings is 1. The Balaban J connectivity index is 1.46. The zero-order chi connectivity index (χ0) is 24.3. The maximum Gasteiger partial charge on any atom is 0.243 e. The van der Waals surface area contributed by atoms with Crippen molar-refractivity contribution in [2.24, 2.45) is 0 Å². The molecule has 1 amide bonds. The standard InChI is InChI=1S/C26H31N3O4S/c1-4-28(5-2)34(31,32)22-12-13-23-21(17-22)7-6-16-29(23)26(30)15-14-25-27-18-24(33-25)20-10-8-19(3)9-11-20/h8-13,17-18H,4-7,14-16H2,1-3H3. The molecule has 0 N–H and O–H groups in total. The van der Waals surface area contributed by atoms with Gasteiger partial charge in [0.1, 0.15) is 0 Å². The zero-order valence-electron chi connectivity index (χ0n) is 20.0. The molecule has 34 heavy (non-hydrogen) atoms. The predicted molar refractivity (Wildman–Crippen MR) is 132 cm³/mol. The van der Waals surface area contributed by atoms with Gasteiger partial charge in [0.15, 0.2) is 11.7 Å². The second-order valence-corrected chi connectivity index (χ2v) is 10.5. The van der Waals surface area contributed by atoms with E-state index in [2.05, 4.69) is 4.98 Å². The molecule has 0 bridgehead atoms. The van der Waals surface area contributed by atoms with Gasteiger partial charge in [0.2, 0.25) is 15.9 Å². The van der Waals surface area contributed by atoms with Crippen molar-refractivity contribution in [1.29, 1.82) is 0 Å². The molecule has 3 aromatic rings. The average Bonchev–Trinajstić information content (AvgIpc) is 3.32. The molecule has 8 heteroatoms. The van der Waals surface area contributed by atoms with E-state index in [4.69, 9.17) is 4.42 Å². The van der Waals surface area contributed by atoms with Crippen molar-refractivity contribution in [3.05, 3.63) is 65.7 Å². The minimum absolute atomic E-state index is 0.0182. The summed E-state index contributed by atoms with van der Waals surface area (Å²) in [5.41, 5.74) is 3.82. The zero-order valence-corrected chi connectivity index (χ0v) is 20.8. The van der Waals surface area contributed by atoms with E-state index in [1.54, 1.807) is 29.3 Å². The van der Waals surface area contributed by atoms with Crippen LogP contribution in [0.3, 0.4) is 0 Å². The molecule has 180 valence electrons. The molecule has 2 heterocycles. The van der Waals surface area contributed by atoms with Gasteiger partial charge in [-0.25, -0.2) is 13.4 Å². The lowest BCUT2D eigenvalue weighted by Gasteiger charge is -2.30. The molecule has 0 unspecified atom stereocenters. The number of hydrogen-bond acceptors (Lipinski definition) is 5. The number of carbonyl (C=O) groups excluding carboxylic acids is 1. The average molecular weight is 482 g/mol. The number of nitrogens with zero attached hydrogens (tertiary/aromatic N) is 3. The van der Waals surface area contributed by atoms with Crippen LogP contribution in [0, 0.1) is 6.92 Å².